The SMILES string of the molecule is Cc1nn(C)c(C)c1C(=O)NC1CCCc2cc(OC(F)F)ccc21. The number of carbonyl (C=O) groups is 1. The molecule has 1 aromatic heterocycles. The van der Waals surface area contributed by atoms with Crippen LogP contribution in [0, 0.1) is 13.8 Å². The third kappa shape index (κ3) is 3.50. The van der Waals surface area contributed by atoms with Crippen molar-refractivity contribution in [1.29, 1.82) is 0 Å². The highest BCUT2D eigenvalue weighted by molar-refractivity contribution is 5.96. The summed E-state index contributed by atoms with van der Waals surface area (Å²) >= 11 is 0. The van der Waals surface area contributed by atoms with E-state index in [0.717, 1.165) is 36.1 Å². The van der Waals surface area contributed by atoms with Crippen molar-refractivity contribution < 1.29 is 18.3 Å². The number of hydrogen-bond acceptors (Lipinski definition) is 3. The molecule has 1 atom stereocenters. The Balaban J connectivity index is 1.82. The van der Waals surface area contributed by atoms with Crippen LogP contribution in [0.3, 0.4) is 0 Å². The van der Waals surface area contributed by atoms with Gasteiger partial charge in [0.2, 0.25) is 0 Å². The zero-order valence-electron chi connectivity index (χ0n) is 14.5. The molecule has 1 aliphatic carbocycles. The van der Waals surface area contributed by atoms with Crippen molar-refractivity contribution in [2.24, 2.45) is 7.05 Å². The van der Waals surface area contributed by atoms with Gasteiger partial charge < -0.3 is 10.1 Å². The second-order valence-corrected chi connectivity index (χ2v) is 6.33. The Morgan fingerprint density at radius 1 is 1.40 bits per heavy atom. The average molecular weight is 349 g/mol. The van der Waals surface area contributed by atoms with Crippen molar-refractivity contribution in [1.82, 2.24) is 15.1 Å². The van der Waals surface area contributed by atoms with Crippen molar-refractivity contribution in [3.63, 3.8) is 0 Å². The van der Waals surface area contributed by atoms with Gasteiger partial charge in [-0.25, -0.2) is 0 Å². The van der Waals surface area contributed by atoms with Crippen LogP contribution < -0.4 is 10.1 Å². The lowest BCUT2D eigenvalue weighted by Crippen LogP contribution is -2.31. The average Bonchev–Trinajstić information content (AvgIpc) is 2.79. The Bertz CT molecular complexity index is 802. The topological polar surface area (TPSA) is 56.2 Å². The number of benzene rings is 1. The van der Waals surface area contributed by atoms with Gasteiger partial charge in [-0.05, 0) is 56.4 Å². The summed E-state index contributed by atoms with van der Waals surface area (Å²) < 4.78 is 30.9. The van der Waals surface area contributed by atoms with Gasteiger partial charge in [0.05, 0.1) is 17.3 Å². The van der Waals surface area contributed by atoms with Crippen molar-refractivity contribution in [2.45, 2.75) is 45.8 Å². The van der Waals surface area contributed by atoms with E-state index in [0.29, 0.717) is 11.3 Å². The van der Waals surface area contributed by atoms with E-state index >= 15 is 0 Å². The first-order valence-corrected chi connectivity index (χ1v) is 8.25. The molecule has 1 aromatic carbocycles. The molecule has 7 heteroatoms. The molecule has 1 heterocycles. The van der Waals surface area contributed by atoms with E-state index in [1.807, 2.05) is 13.8 Å². The molecule has 1 N–H and O–H groups in total. The molecule has 25 heavy (non-hydrogen) atoms. The van der Waals surface area contributed by atoms with E-state index in [2.05, 4.69) is 15.2 Å². The van der Waals surface area contributed by atoms with Crippen molar-refractivity contribution in [2.75, 3.05) is 0 Å². The first kappa shape index (κ1) is 17.4. The molecule has 3 rings (SSSR count). The minimum Gasteiger partial charge on any atom is -0.435 e. The third-order valence-electron chi connectivity index (χ3n) is 4.70. The lowest BCUT2D eigenvalue weighted by Gasteiger charge is -2.27. The fourth-order valence-electron chi connectivity index (χ4n) is 3.45. The summed E-state index contributed by atoms with van der Waals surface area (Å²) in [5, 5.41) is 7.34. The zero-order valence-corrected chi connectivity index (χ0v) is 14.5. The van der Waals surface area contributed by atoms with Gasteiger partial charge in [0.15, 0.2) is 0 Å². The quantitative estimate of drug-likeness (QED) is 0.920. The highest BCUT2D eigenvalue weighted by Gasteiger charge is 2.25. The summed E-state index contributed by atoms with van der Waals surface area (Å²) in [7, 11) is 1.81. The van der Waals surface area contributed by atoms with E-state index in [1.165, 1.54) is 6.07 Å². The molecule has 1 unspecified atom stereocenters. The number of halogens is 2. The van der Waals surface area contributed by atoms with Crippen LogP contribution in [0.15, 0.2) is 18.2 Å². The van der Waals surface area contributed by atoms with E-state index < -0.39 is 6.61 Å². The molecular formula is C18H21F2N3O2. The molecule has 2 aromatic rings. The van der Waals surface area contributed by atoms with Gasteiger partial charge in [0, 0.05) is 12.7 Å². The minimum absolute atomic E-state index is 0.143. The molecule has 0 saturated carbocycles. The number of amides is 1. The van der Waals surface area contributed by atoms with E-state index in [-0.39, 0.29) is 17.7 Å². The lowest BCUT2D eigenvalue weighted by atomic mass is 9.87. The number of aryl methyl sites for hydroxylation is 3. The molecular weight excluding hydrogens is 328 g/mol. The Hall–Kier alpha value is -2.44. The molecule has 0 saturated heterocycles. The maximum absolute atomic E-state index is 12.7. The van der Waals surface area contributed by atoms with Crippen LogP contribution in [-0.4, -0.2) is 22.3 Å². The number of ether oxygens (including phenoxy) is 1. The van der Waals surface area contributed by atoms with E-state index in [4.69, 9.17) is 0 Å². The summed E-state index contributed by atoms with van der Waals surface area (Å²) in [5.41, 5.74) is 3.99. The highest BCUT2D eigenvalue weighted by Crippen LogP contribution is 2.33. The summed E-state index contributed by atoms with van der Waals surface area (Å²) in [6.07, 6.45) is 2.47. The third-order valence-corrected chi connectivity index (χ3v) is 4.70. The Kier molecular flexibility index (Phi) is 4.74. The Morgan fingerprint density at radius 2 is 2.16 bits per heavy atom. The van der Waals surface area contributed by atoms with Crippen LogP contribution in [0.25, 0.3) is 0 Å². The fraction of sp³-hybridized carbons (Fsp3) is 0.444. The first-order chi connectivity index (χ1) is 11.9. The number of carbonyl (C=O) groups excluding carboxylic acids is 1. The van der Waals surface area contributed by atoms with Gasteiger partial charge in [-0.15, -0.1) is 0 Å². The Morgan fingerprint density at radius 3 is 2.80 bits per heavy atom. The number of aromatic nitrogens is 2. The second-order valence-electron chi connectivity index (χ2n) is 6.33. The van der Waals surface area contributed by atoms with Crippen LogP contribution in [0.4, 0.5) is 8.78 Å². The fourth-order valence-corrected chi connectivity index (χ4v) is 3.45. The normalized spacial score (nSPS) is 16.6. The predicted molar refractivity (Wildman–Crippen MR) is 88.9 cm³/mol. The smallest absolute Gasteiger partial charge is 0.387 e. The second kappa shape index (κ2) is 6.82. The van der Waals surface area contributed by atoms with Crippen LogP contribution in [-0.2, 0) is 13.5 Å². The van der Waals surface area contributed by atoms with Crippen LogP contribution in [0.5, 0.6) is 5.75 Å². The van der Waals surface area contributed by atoms with E-state index in [1.54, 1.807) is 23.9 Å². The van der Waals surface area contributed by atoms with Gasteiger partial charge in [0.1, 0.15) is 5.75 Å². The van der Waals surface area contributed by atoms with Gasteiger partial charge in [-0.1, -0.05) is 6.07 Å². The molecule has 0 radical (unpaired) electrons. The summed E-state index contributed by atoms with van der Waals surface area (Å²) in [6.45, 7) is 0.830. The molecule has 1 amide bonds. The maximum atomic E-state index is 12.7. The molecule has 0 aliphatic heterocycles. The minimum atomic E-state index is -2.84. The summed E-state index contributed by atoms with van der Waals surface area (Å²) in [5.74, 6) is -0.00599. The number of nitrogens with one attached hydrogen (secondary N) is 1. The maximum Gasteiger partial charge on any atom is 0.387 e. The van der Waals surface area contributed by atoms with E-state index in [9.17, 15) is 13.6 Å². The number of nitrogens with zero attached hydrogens (tertiary/aromatic N) is 2. The molecule has 134 valence electrons. The number of fused-ring (bicyclic) bond motifs is 1. The van der Waals surface area contributed by atoms with Gasteiger partial charge in [-0.2, -0.15) is 13.9 Å². The van der Waals surface area contributed by atoms with Crippen LogP contribution in [0.2, 0.25) is 0 Å². The first-order valence-electron chi connectivity index (χ1n) is 8.25. The molecule has 0 fully saturated rings. The number of hydrogen-bond donors (Lipinski definition) is 1. The monoisotopic (exact) mass is 349 g/mol. The highest BCUT2D eigenvalue weighted by atomic mass is 19.3. The zero-order chi connectivity index (χ0) is 18.1. The number of alkyl halides is 2. The standard InChI is InChI=1S/C18H21F2N3O2/c1-10-16(11(2)23(3)22-10)17(24)21-15-6-4-5-12-9-13(25-18(19)20)7-8-14(12)15/h7-9,15,18H,4-6H2,1-3H3,(H,21,24). The number of rotatable bonds is 4. The summed E-state index contributed by atoms with van der Waals surface area (Å²) in [4.78, 5) is 12.7. The predicted octanol–water partition coefficient (Wildman–Crippen LogP) is 3.45. The molecule has 0 bridgehead atoms. The van der Waals surface area contributed by atoms with Gasteiger partial charge >= 0.3 is 6.61 Å². The van der Waals surface area contributed by atoms with Crippen molar-refractivity contribution in [3.8, 4) is 5.75 Å². The summed E-state index contributed by atoms with van der Waals surface area (Å²) in [6, 6.07) is 4.78. The van der Waals surface area contributed by atoms with Gasteiger partial charge in [0.25, 0.3) is 5.91 Å². The Labute approximate surface area is 145 Å². The molecule has 5 nitrogen and oxygen atoms in total. The van der Waals surface area contributed by atoms with Crippen LogP contribution in [0.1, 0.15) is 51.8 Å². The lowest BCUT2D eigenvalue weighted by molar-refractivity contribution is -0.0499. The molecule has 1 aliphatic rings. The van der Waals surface area contributed by atoms with Crippen molar-refractivity contribution in [3.05, 3.63) is 46.3 Å². The van der Waals surface area contributed by atoms with Crippen molar-refractivity contribution >= 4 is 5.91 Å². The molecule has 0 spiro atoms. The van der Waals surface area contributed by atoms with Gasteiger partial charge in [-0.3, -0.25) is 9.48 Å². The largest absolute Gasteiger partial charge is 0.435 e. The van der Waals surface area contributed by atoms with Crippen LogP contribution >= 0.6 is 0 Å².